The lowest BCUT2D eigenvalue weighted by Gasteiger charge is -2.37. The number of nitrogens with one attached hydrogen (secondary N) is 1. The fraction of sp³-hybridized carbons (Fsp3) is 0.583. The summed E-state index contributed by atoms with van der Waals surface area (Å²) >= 11 is 0. The number of aromatic nitrogens is 1. The normalized spacial score (nSPS) is 27.6. The third kappa shape index (κ3) is 1.49. The van der Waals surface area contributed by atoms with Crippen molar-refractivity contribution in [1.82, 2.24) is 9.88 Å². The second-order valence-corrected chi connectivity index (χ2v) is 4.90. The van der Waals surface area contributed by atoms with E-state index in [4.69, 9.17) is 5.73 Å². The van der Waals surface area contributed by atoms with E-state index in [1.54, 1.807) is 6.07 Å². The molecule has 2 aliphatic heterocycles. The number of nitrogens with two attached hydrogens (primary N) is 1. The van der Waals surface area contributed by atoms with Crippen molar-refractivity contribution in [3.05, 3.63) is 33.7 Å². The number of pyridine rings is 1. The Labute approximate surface area is 94.5 Å². The summed E-state index contributed by atoms with van der Waals surface area (Å²) in [5, 5.41) is 3.44. The Kier molecular flexibility index (Phi) is 2.33. The minimum absolute atomic E-state index is 0.120. The van der Waals surface area contributed by atoms with Crippen molar-refractivity contribution in [2.45, 2.75) is 25.4 Å². The Bertz CT molecular complexity index is 466. The van der Waals surface area contributed by atoms with Crippen molar-refractivity contribution < 1.29 is 0 Å². The smallest absolute Gasteiger partial charge is 0.251 e. The van der Waals surface area contributed by atoms with Crippen LogP contribution in [0, 0.1) is 5.92 Å². The van der Waals surface area contributed by atoms with Crippen molar-refractivity contribution in [3.8, 4) is 0 Å². The Morgan fingerprint density at radius 1 is 1.44 bits per heavy atom. The molecule has 0 radical (unpaired) electrons. The lowest BCUT2D eigenvalue weighted by molar-refractivity contribution is 0.257. The number of piperidine rings is 1. The first-order valence-corrected chi connectivity index (χ1v) is 5.92. The van der Waals surface area contributed by atoms with Crippen molar-refractivity contribution in [1.29, 1.82) is 0 Å². The second kappa shape index (κ2) is 3.71. The number of fused-ring (bicyclic) bond motifs is 4. The first-order valence-electron chi connectivity index (χ1n) is 5.92. The SMILES string of the molecule is NCc1cc2n(c(=O)c1)CC1CNC[C@@H]2C1. The molecule has 4 heteroatoms. The molecule has 3 heterocycles. The van der Waals surface area contributed by atoms with Crippen LogP contribution in [0.25, 0.3) is 0 Å². The minimum atomic E-state index is 0.120. The van der Waals surface area contributed by atoms with Crippen LogP contribution < -0.4 is 16.6 Å². The molecule has 2 bridgehead atoms. The molecule has 2 atom stereocenters. The highest BCUT2D eigenvalue weighted by Crippen LogP contribution is 2.31. The van der Waals surface area contributed by atoms with Gasteiger partial charge in [-0.3, -0.25) is 4.79 Å². The zero-order valence-electron chi connectivity index (χ0n) is 9.28. The van der Waals surface area contributed by atoms with Gasteiger partial charge in [-0.25, -0.2) is 0 Å². The van der Waals surface area contributed by atoms with E-state index in [0.29, 0.717) is 18.4 Å². The predicted octanol–water partition coefficient (Wildman–Crippen LogP) is 0.0137. The molecule has 4 nitrogen and oxygen atoms in total. The van der Waals surface area contributed by atoms with Crippen LogP contribution in [0.5, 0.6) is 0 Å². The van der Waals surface area contributed by atoms with Gasteiger partial charge < -0.3 is 15.6 Å². The lowest BCUT2D eigenvalue weighted by atomic mass is 9.84. The molecule has 1 aromatic rings. The van der Waals surface area contributed by atoms with Gasteiger partial charge in [0, 0.05) is 37.3 Å². The number of hydrogen-bond donors (Lipinski definition) is 2. The fourth-order valence-electron chi connectivity index (χ4n) is 2.98. The molecule has 1 fully saturated rings. The summed E-state index contributed by atoms with van der Waals surface area (Å²) in [4.78, 5) is 12.0. The average molecular weight is 219 g/mol. The summed E-state index contributed by atoms with van der Waals surface area (Å²) in [5.41, 5.74) is 7.87. The van der Waals surface area contributed by atoms with Gasteiger partial charge in [-0.05, 0) is 30.5 Å². The van der Waals surface area contributed by atoms with Gasteiger partial charge in [0.05, 0.1) is 0 Å². The summed E-state index contributed by atoms with van der Waals surface area (Å²) in [5.74, 6) is 1.11. The van der Waals surface area contributed by atoms with E-state index < -0.39 is 0 Å². The lowest BCUT2D eigenvalue weighted by Crippen LogP contribution is -2.45. The highest BCUT2D eigenvalue weighted by atomic mass is 16.1. The van der Waals surface area contributed by atoms with Gasteiger partial charge in [-0.2, -0.15) is 0 Å². The van der Waals surface area contributed by atoms with Gasteiger partial charge in [0.15, 0.2) is 0 Å². The Morgan fingerprint density at radius 3 is 3.12 bits per heavy atom. The molecule has 0 aliphatic carbocycles. The molecule has 2 aliphatic rings. The van der Waals surface area contributed by atoms with Gasteiger partial charge >= 0.3 is 0 Å². The van der Waals surface area contributed by atoms with E-state index in [2.05, 4.69) is 11.4 Å². The van der Waals surface area contributed by atoms with Crippen molar-refractivity contribution in [2.24, 2.45) is 11.7 Å². The van der Waals surface area contributed by atoms with Crippen LogP contribution in [0.2, 0.25) is 0 Å². The predicted molar refractivity (Wildman–Crippen MR) is 62.3 cm³/mol. The van der Waals surface area contributed by atoms with Crippen molar-refractivity contribution in [2.75, 3.05) is 13.1 Å². The zero-order valence-corrected chi connectivity index (χ0v) is 9.28. The average Bonchev–Trinajstić information content (AvgIpc) is 2.31. The van der Waals surface area contributed by atoms with Gasteiger partial charge in [0.25, 0.3) is 5.56 Å². The third-order valence-electron chi connectivity index (χ3n) is 3.76. The van der Waals surface area contributed by atoms with Crippen molar-refractivity contribution in [3.63, 3.8) is 0 Å². The Hall–Kier alpha value is -1.13. The van der Waals surface area contributed by atoms with E-state index >= 15 is 0 Å². The number of hydrogen-bond acceptors (Lipinski definition) is 3. The standard InChI is InChI=1S/C12H17N3O/c13-4-8-2-11-10-1-9(5-14-6-10)7-15(11)12(16)3-8/h2-3,9-10,14H,1,4-7,13H2/t9?,10-/m0/s1. The molecule has 3 rings (SSSR count). The molecule has 1 saturated heterocycles. The Balaban J connectivity index is 2.13. The molecular formula is C12H17N3O. The van der Waals surface area contributed by atoms with Crippen LogP contribution in [0.4, 0.5) is 0 Å². The maximum absolute atomic E-state index is 12.0. The summed E-state index contributed by atoms with van der Waals surface area (Å²) in [7, 11) is 0. The fourth-order valence-corrected chi connectivity index (χ4v) is 2.98. The zero-order chi connectivity index (χ0) is 11.1. The number of nitrogens with zero attached hydrogens (tertiary/aromatic N) is 1. The number of rotatable bonds is 1. The maximum atomic E-state index is 12.0. The van der Waals surface area contributed by atoms with Crippen LogP contribution >= 0.6 is 0 Å². The van der Waals surface area contributed by atoms with Crippen LogP contribution in [0.3, 0.4) is 0 Å². The van der Waals surface area contributed by atoms with Crippen LogP contribution in [-0.2, 0) is 13.1 Å². The molecule has 1 unspecified atom stereocenters. The molecule has 0 spiro atoms. The first kappa shape index (κ1) is 10.1. The maximum Gasteiger partial charge on any atom is 0.251 e. The molecular weight excluding hydrogens is 202 g/mol. The second-order valence-electron chi connectivity index (χ2n) is 4.90. The van der Waals surface area contributed by atoms with Gasteiger partial charge in [0.1, 0.15) is 0 Å². The third-order valence-corrected chi connectivity index (χ3v) is 3.76. The quantitative estimate of drug-likeness (QED) is 0.699. The van der Waals surface area contributed by atoms with Gasteiger partial charge in [-0.15, -0.1) is 0 Å². The molecule has 86 valence electrons. The molecule has 0 amide bonds. The van der Waals surface area contributed by atoms with E-state index in [9.17, 15) is 4.79 Å². The van der Waals surface area contributed by atoms with E-state index in [1.165, 1.54) is 12.1 Å². The van der Waals surface area contributed by atoms with E-state index in [1.807, 2.05) is 4.57 Å². The van der Waals surface area contributed by atoms with Crippen LogP contribution in [-0.4, -0.2) is 17.7 Å². The molecule has 16 heavy (non-hydrogen) atoms. The Morgan fingerprint density at radius 2 is 2.31 bits per heavy atom. The van der Waals surface area contributed by atoms with Gasteiger partial charge in [0.2, 0.25) is 0 Å². The highest BCUT2D eigenvalue weighted by Gasteiger charge is 2.30. The molecule has 1 aromatic heterocycles. The monoisotopic (exact) mass is 219 g/mol. The summed E-state index contributed by atoms with van der Waals surface area (Å²) in [6.45, 7) is 3.35. The van der Waals surface area contributed by atoms with Crippen LogP contribution in [0.15, 0.2) is 16.9 Å². The van der Waals surface area contributed by atoms with Crippen molar-refractivity contribution >= 4 is 0 Å². The minimum Gasteiger partial charge on any atom is -0.326 e. The molecule has 0 aromatic carbocycles. The van der Waals surface area contributed by atoms with Gasteiger partial charge in [-0.1, -0.05) is 0 Å². The topological polar surface area (TPSA) is 60.0 Å². The van der Waals surface area contributed by atoms with Crippen LogP contribution in [0.1, 0.15) is 23.6 Å². The molecule has 0 saturated carbocycles. The largest absolute Gasteiger partial charge is 0.326 e. The van der Waals surface area contributed by atoms with E-state index in [-0.39, 0.29) is 5.56 Å². The molecule has 3 N–H and O–H groups in total. The summed E-state index contributed by atoms with van der Waals surface area (Å²) in [6, 6.07) is 3.78. The summed E-state index contributed by atoms with van der Waals surface area (Å²) in [6.07, 6.45) is 1.21. The first-order chi connectivity index (χ1) is 7.78. The summed E-state index contributed by atoms with van der Waals surface area (Å²) < 4.78 is 1.94. The van der Waals surface area contributed by atoms with E-state index in [0.717, 1.165) is 25.2 Å². The highest BCUT2D eigenvalue weighted by molar-refractivity contribution is 5.23.